The van der Waals surface area contributed by atoms with Gasteiger partial charge in [-0.2, -0.15) is 0 Å². The van der Waals surface area contributed by atoms with Crippen LogP contribution in [0.2, 0.25) is 0 Å². The molecule has 2 unspecified atom stereocenters. The molecule has 4 nitrogen and oxygen atoms in total. The van der Waals surface area contributed by atoms with Crippen LogP contribution >= 0.6 is 12.2 Å². The molecular weight excluding hydrogens is 284 g/mol. The minimum atomic E-state index is 0.382. The van der Waals surface area contributed by atoms with Crippen LogP contribution in [0.3, 0.4) is 0 Å². The van der Waals surface area contributed by atoms with Gasteiger partial charge in [-0.05, 0) is 31.4 Å². The van der Waals surface area contributed by atoms with Crippen LogP contribution in [0, 0.1) is 0 Å². The number of para-hydroxylation sites is 1. The highest BCUT2D eigenvalue weighted by Gasteiger charge is 2.35. The summed E-state index contributed by atoms with van der Waals surface area (Å²) in [6.07, 6.45) is 4.15. The molecule has 1 aliphatic carbocycles. The lowest BCUT2D eigenvalue weighted by atomic mass is 10.1. The molecule has 1 heterocycles. The highest BCUT2D eigenvalue weighted by molar-refractivity contribution is 7.80. The van der Waals surface area contributed by atoms with E-state index < -0.39 is 0 Å². The van der Waals surface area contributed by atoms with Gasteiger partial charge in [-0.15, -0.1) is 0 Å². The summed E-state index contributed by atoms with van der Waals surface area (Å²) in [5, 5.41) is 0. The first-order chi connectivity index (χ1) is 10.3. The van der Waals surface area contributed by atoms with Crippen molar-refractivity contribution in [3.05, 3.63) is 29.8 Å². The van der Waals surface area contributed by atoms with Gasteiger partial charge in [0, 0.05) is 19.1 Å². The molecule has 1 saturated carbocycles. The van der Waals surface area contributed by atoms with E-state index in [-0.39, 0.29) is 0 Å². The Balaban J connectivity index is 1.55. The molecule has 2 atom stereocenters. The molecular formula is C16H22N2O2S. The second-order valence-electron chi connectivity index (χ2n) is 5.65. The molecule has 21 heavy (non-hydrogen) atoms. The maximum atomic E-state index is 5.90. The van der Waals surface area contributed by atoms with Gasteiger partial charge >= 0.3 is 0 Å². The number of hydrogen-bond acceptors (Lipinski definition) is 4. The summed E-state index contributed by atoms with van der Waals surface area (Å²) in [5.41, 5.74) is 6.54. The Kier molecular flexibility index (Phi) is 4.73. The third-order valence-corrected chi connectivity index (χ3v) is 4.61. The number of thiocarbonyl (C=S) groups is 1. The molecule has 2 fully saturated rings. The minimum Gasteiger partial charge on any atom is -0.492 e. The number of morpholine rings is 1. The second kappa shape index (κ2) is 6.73. The van der Waals surface area contributed by atoms with E-state index in [1.807, 2.05) is 24.3 Å². The van der Waals surface area contributed by atoms with Gasteiger partial charge in [0.15, 0.2) is 0 Å². The van der Waals surface area contributed by atoms with E-state index in [9.17, 15) is 0 Å². The van der Waals surface area contributed by atoms with Gasteiger partial charge in [-0.1, -0.05) is 24.4 Å². The van der Waals surface area contributed by atoms with Crippen LogP contribution in [0.15, 0.2) is 24.3 Å². The molecule has 1 aliphatic heterocycles. The Bertz CT molecular complexity index is 509. The molecule has 0 radical (unpaired) electrons. The van der Waals surface area contributed by atoms with E-state index in [0.717, 1.165) is 31.0 Å². The van der Waals surface area contributed by atoms with Gasteiger partial charge in [-0.25, -0.2) is 0 Å². The van der Waals surface area contributed by atoms with Crippen molar-refractivity contribution in [3.63, 3.8) is 0 Å². The molecule has 0 bridgehead atoms. The third-order valence-electron chi connectivity index (χ3n) is 4.39. The smallest absolute Gasteiger partial charge is 0.129 e. The second-order valence-corrected chi connectivity index (χ2v) is 6.09. The van der Waals surface area contributed by atoms with E-state index in [1.54, 1.807) is 0 Å². The predicted molar refractivity (Wildman–Crippen MR) is 86.8 cm³/mol. The number of nitrogens with zero attached hydrogens (tertiary/aromatic N) is 1. The standard InChI is InChI=1S/C16H22N2O2S/c17-16(21)12-4-1-2-6-14(12)19-10-8-18-9-11-20-15-7-3-5-13(15)18/h1-2,4,6,13,15H,3,5,7-11H2,(H2,17,21). The van der Waals surface area contributed by atoms with Crippen LogP contribution in [0.5, 0.6) is 5.75 Å². The van der Waals surface area contributed by atoms with Crippen molar-refractivity contribution >= 4 is 17.2 Å². The van der Waals surface area contributed by atoms with Gasteiger partial charge in [0.25, 0.3) is 0 Å². The van der Waals surface area contributed by atoms with Crippen molar-refractivity contribution in [2.75, 3.05) is 26.3 Å². The zero-order valence-corrected chi connectivity index (χ0v) is 13.0. The molecule has 0 spiro atoms. The number of benzene rings is 1. The van der Waals surface area contributed by atoms with E-state index in [1.165, 1.54) is 19.3 Å². The van der Waals surface area contributed by atoms with Gasteiger partial charge in [0.05, 0.1) is 18.3 Å². The van der Waals surface area contributed by atoms with Crippen LogP contribution in [0.25, 0.3) is 0 Å². The van der Waals surface area contributed by atoms with Crippen LogP contribution in [0.4, 0.5) is 0 Å². The Morgan fingerprint density at radius 3 is 3.10 bits per heavy atom. The average molecular weight is 306 g/mol. The van der Waals surface area contributed by atoms with Gasteiger partial charge in [-0.3, -0.25) is 4.90 Å². The number of ether oxygens (including phenoxy) is 2. The van der Waals surface area contributed by atoms with Crippen molar-refractivity contribution in [3.8, 4) is 5.75 Å². The summed E-state index contributed by atoms with van der Waals surface area (Å²) in [6.45, 7) is 3.42. The van der Waals surface area contributed by atoms with E-state index in [2.05, 4.69) is 4.90 Å². The lowest BCUT2D eigenvalue weighted by Gasteiger charge is -2.37. The SMILES string of the molecule is NC(=S)c1ccccc1OCCN1CCOC2CCCC21. The molecule has 0 aromatic heterocycles. The number of rotatable bonds is 5. The fourth-order valence-corrected chi connectivity index (χ4v) is 3.52. The maximum Gasteiger partial charge on any atom is 0.129 e. The molecule has 2 aliphatic rings. The number of nitrogens with two attached hydrogens (primary N) is 1. The summed E-state index contributed by atoms with van der Waals surface area (Å²) in [5.74, 6) is 0.779. The molecule has 0 amide bonds. The Morgan fingerprint density at radius 1 is 1.38 bits per heavy atom. The van der Waals surface area contributed by atoms with Crippen molar-refractivity contribution < 1.29 is 9.47 Å². The number of hydrogen-bond donors (Lipinski definition) is 1. The normalized spacial score (nSPS) is 25.5. The van der Waals surface area contributed by atoms with E-state index in [0.29, 0.717) is 23.7 Å². The Labute approximate surface area is 131 Å². The molecule has 2 N–H and O–H groups in total. The zero-order valence-electron chi connectivity index (χ0n) is 12.2. The summed E-state index contributed by atoms with van der Waals surface area (Å²) in [6, 6.07) is 8.27. The molecule has 1 saturated heterocycles. The highest BCUT2D eigenvalue weighted by Crippen LogP contribution is 2.29. The van der Waals surface area contributed by atoms with Crippen LogP contribution in [-0.2, 0) is 4.74 Å². The average Bonchev–Trinajstić information content (AvgIpc) is 2.97. The Hall–Kier alpha value is -1.17. The number of fused-ring (bicyclic) bond motifs is 1. The van der Waals surface area contributed by atoms with Gasteiger partial charge < -0.3 is 15.2 Å². The Morgan fingerprint density at radius 2 is 2.24 bits per heavy atom. The lowest BCUT2D eigenvalue weighted by molar-refractivity contribution is -0.0583. The largest absolute Gasteiger partial charge is 0.492 e. The first-order valence-electron chi connectivity index (χ1n) is 7.63. The molecule has 5 heteroatoms. The van der Waals surface area contributed by atoms with Crippen molar-refractivity contribution in [2.45, 2.75) is 31.4 Å². The van der Waals surface area contributed by atoms with Crippen LogP contribution in [0.1, 0.15) is 24.8 Å². The predicted octanol–water partition coefficient (Wildman–Crippen LogP) is 1.95. The molecule has 3 rings (SSSR count). The van der Waals surface area contributed by atoms with Crippen molar-refractivity contribution in [1.82, 2.24) is 4.90 Å². The quantitative estimate of drug-likeness (QED) is 0.843. The van der Waals surface area contributed by atoms with Crippen molar-refractivity contribution in [1.29, 1.82) is 0 Å². The van der Waals surface area contributed by atoms with Crippen LogP contribution < -0.4 is 10.5 Å². The van der Waals surface area contributed by atoms with E-state index >= 15 is 0 Å². The zero-order chi connectivity index (χ0) is 14.7. The summed E-state index contributed by atoms with van der Waals surface area (Å²) in [7, 11) is 0. The van der Waals surface area contributed by atoms with Gasteiger partial charge in [0.2, 0.25) is 0 Å². The first kappa shape index (κ1) is 14.8. The van der Waals surface area contributed by atoms with E-state index in [4.69, 9.17) is 27.4 Å². The van der Waals surface area contributed by atoms with Crippen molar-refractivity contribution in [2.24, 2.45) is 5.73 Å². The monoisotopic (exact) mass is 306 g/mol. The topological polar surface area (TPSA) is 47.7 Å². The summed E-state index contributed by atoms with van der Waals surface area (Å²) in [4.78, 5) is 2.89. The molecule has 1 aromatic carbocycles. The fourth-order valence-electron chi connectivity index (χ4n) is 3.35. The fraction of sp³-hybridized carbons (Fsp3) is 0.562. The minimum absolute atomic E-state index is 0.382. The van der Waals surface area contributed by atoms with Gasteiger partial charge in [0.1, 0.15) is 17.3 Å². The first-order valence-corrected chi connectivity index (χ1v) is 8.04. The third kappa shape index (κ3) is 3.36. The molecule has 1 aromatic rings. The molecule has 114 valence electrons. The maximum absolute atomic E-state index is 5.90. The lowest BCUT2D eigenvalue weighted by Crippen LogP contribution is -2.49. The summed E-state index contributed by atoms with van der Waals surface area (Å²) < 4.78 is 11.7. The highest BCUT2D eigenvalue weighted by atomic mass is 32.1. The summed E-state index contributed by atoms with van der Waals surface area (Å²) >= 11 is 5.06. The van der Waals surface area contributed by atoms with Crippen LogP contribution in [-0.4, -0.2) is 48.3 Å².